The van der Waals surface area contributed by atoms with Gasteiger partial charge in [-0.1, -0.05) is 127 Å². The quantitative estimate of drug-likeness (QED) is 0.184. The summed E-state index contributed by atoms with van der Waals surface area (Å²) in [5.41, 5.74) is 20.3. The molecule has 1 heterocycles. The molecule has 0 saturated heterocycles. The van der Waals surface area contributed by atoms with Gasteiger partial charge in [0.15, 0.2) is 0 Å². The van der Waals surface area contributed by atoms with E-state index in [2.05, 4.69) is 189 Å². The summed E-state index contributed by atoms with van der Waals surface area (Å²) in [6.07, 6.45) is 0. The molecule has 2 aliphatic rings. The number of hydrogen-bond donors (Lipinski definition) is 0. The van der Waals surface area contributed by atoms with Crippen LogP contribution in [0.5, 0.6) is 0 Å². The summed E-state index contributed by atoms with van der Waals surface area (Å²) in [5, 5.41) is 2.23. The minimum absolute atomic E-state index is 0.421. The molecule has 1 spiro atoms. The predicted molar refractivity (Wildman–Crippen MR) is 220 cm³/mol. The molecule has 1 aromatic heterocycles. The topological polar surface area (TPSA) is 16.4 Å². The Morgan fingerprint density at radius 3 is 1.49 bits per heavy atom. The van der Waals surface area contributed by atoms with Crippen LogP contribution in [0.2, 0.25) is 0 Å². The lowest BCUT2D eigenvalue weighted by atomic mass is 9.70. The highest BCUT2D eigenvalue weighted by atomic mass is 16.3. The van der Waals surface area contributed by atoms with Gasteiger partial charge >= 0.3 is 0 Å². The van der Waals surface area contributed by atoms with Gasteiger partial charge in [0.1, 0.15) is 11.2 Å². The molecule has 2 nitrogen and oxygen atoms in total. The average Bonchev–Trinajstić information content (AvgIpc) is 3.82. The Morgan fingerprint density at radius 2 is 0.830 bits per heavy atom. The van der Waals surface area contributed by atoms with Crippen LogP contribution in [0.3, 0.4) is 0 Å². The van der Waals surface area contributed by atoms with E-state index in [1.54, 1.807) is 0 Å². The maximum atomic E-state index is 6.30. The van der Waals surface area contributed by atoms with Gasteiger partial charge in [-0.15, -0.1) is 0 Å². The molecule has 0 bridgehead atoms. The van der Waals surface area contributed by atoms with Gasteiger partial charge in [0.2, 0.25) is 0 Å². The van der Waals surface area contributed by atoms with Crippen molar-refractivity contribution < 1.29 is 4.42 Å². The number of hydrogen-bond acceptors (Lipinski definition) is 2. The van der Waals surface area contributed by atoms with Gasteiger partial charge in [0.25, 0.3) is 0 Å². The van der Waals surface area contributed by atoms with Crippen molar-refractivity contribution in [2.45, 2.75) is 19.3 Å². The van der Waals surface area contributed by atoms with Crippen molar-refractivity contribution in [2.24, 2.45) is 0 Å². The van der Waals surface area contributed by atoms with Crippen LogP contribution in [0.25, 0.3) is 55.3 Å². The molecular formula is C51H35NO. The molecule has 0 atom stereocenters. The van der Waals surface area contributed by atoms with Gasteiger partial charge in [-0.3, -0.25) is 0 Å². The fourth-order valence-corrected chi connectivity index (χ4v) is 9.49. The Balaban J connectivity index is 1.18. The van der Waals surface area contributed by atoms with Crippen LogP contribution in [0.15, 0.2) is 180 Å². The third-order valence-corrected chi connectivity index (χ3v) is 11.8. The van der Waals surface area contributed by atoms with E-state index in [-0.39, 0.29) is 0 Å². The highest BCUT2D eigenvalue weighted by Crippen LogP contribution is 2.63. The van der Waals surface area contributed by atoms with Crippen LogP contribution in [-0.4, -0.2) is 0 Å². The first-order valence-electron chi connectivity index (χ1n) is 18.4. The first-order chi connectivity index (χ1) is 26.1. The number of anilines is 3. The number of nitrogens with zero attached hydrogens (tertiary/aromatic N) is 1. The fraction of sp³-hybridized carbons (Fsp3) is 0.0588. The lowest BCUT2D eigenvalue weighted by Crippen LogP contribution is -2.26. The number of rotatable bonds is 4. The number of benzene rings is 8. The maximum Gasteiger partial charge on any atom is 0.135 e. The minimum Gasteiger partial charge on any atom is -0.456 e. The van der Waals surface area contributed by atoms with Crippen LogP contribution in [-0.2, 0) is 5.41 Å². The molecule has 0 N–H and O–H groups in total. The standard InChI is InChI=1S/C51H35NO/c1-32-13-3-4-14-37(32)38-26-23-34(29-33(38)2)52(35-25-28-50-44(30-35)43-18-8-12-22-49(43)53-50)36-24-27-42-41-17-7-11-21-47(41)51(48(42)31-36)45-19-9-5-15-39(45)40-16-6-10-20-46(40)51/h3-31H,1-2H3. The van der Waals surface area contributed by atoms with E-state index in [1.165, 1.54) is 66.8 Å². The molecule has 53 heavy (non-hydrogen) atoms. The number of para-hydroxylation sites is 1. The van der Waals surface area contributed by atoms with Crippen LogP contribution >= 0.6 is 0 Å². The summed E-state index contributed by atoms with van der Waals surface area (Å²) in [4.78, 5) is 2.43. The molecule has 11 rings (SSSR count). The first kappa shape index (κ1) is 30.0. The molecule has 2 heteroatoms. The molecule has 9 aromatic rings. The molecule has 0 radical (unpaired) electrons. The Bertz CT molecular complexity index is 2880. The van der Waals surface area contributed by atoms with E-state index >= 15 is 0 Å². The van der Waals surface area contributed by atoms with Gasteiger partial charge in [-0.25, -0.2) is 0 Å². The van der Waals surface area contributed by atoms with Crippen LogP contribution in [0.4, 0.5) is 17.1 Å². The predicted octanol–water partition coefficient (Wildman–Crippen LogP) is 13.7. The van der Waals surface area contributed by atoms with Gasteiger partial charge in [0.05, 0.1) is 5.41 Å². The van der Waals surface area contributed by atoms with Gasteiger partial charge in [-0.2, -0.15) is 0 Å². The molecule has 0 saturated carbocycles. The number of fused-ring (bicyclic) bond motifs is 13. The summed E-state index contributed by atoms with van der Waals surface area (Å²) in [6.45, 7) is 4.42. The first-order valence-corrected chi connectivity index (χ1v) is 18.4. The zero-order valence-corrected chi connectivity index (χ0v) is 29.6. The van der Waals surface area contributed by atoms with Crippen molar-refractivity contribution in [3.63, 3.8) is 0 Å². The van der Waals surface area contributed by atoms with Crippen molar-refractivity contribution in [3.05, 3.63) is 209 Å². The Labute approximate surface area is 309 Å². The highest BCUT2D eigenvalue weighted by molar-refractivity contribution is 6.07. The zero-order valence-electron chi connectivity index (χ0n) is 29.6. The third kappa shape index (κ3) is 4.15. The van der Waals surface area contributed by atoms with Crippen molar-refractivity contribution >= 4 is 39.0 Å². The second-order valence-electron chi connectivity index (χ2n) is 14.5. The Hall–Kier alpha value is -6.64. The monoisotopic (exact) mass is 677 g/mol. The molecule has 0 fully saturated rings. The maximum absolute atomic E-state index is 6.30. The van der Waals surface area contributed by atoms with Crippen molar-refractivity contribution in [3.8, 4) is 33.4 Å². The van der Waals surface area contributed by atoms with Crippen LogP contribution < -0.4 is 4.90 Å². The molecule has 0 amide bonds. The normalized spacial score (nSPS) is 13.2. The third-order valence-electron chi connectivity index (χ3n) is 11.8. The van der Waals surface area contributed by atoms with E-state index in [0.717, 1.165) is 39.0 Å². The smallest absolute Gasteiger partial charge is 0.135 e. The van der Waals surface area contributed by atoms with Crippen molar-refractivity contribution in [1.82, 2.24) is 0 Å². The highest BCUT2D eigenvalue weighted by Gasteiger charge is 2.51. The summed E-state index contributed by atoms with van der Waals surface area (Å²) in [7, 11) is 0. The largest absolute Gasteiger partial charge is 0.456 e. The zero-order chi connectivity index (χ0) is 35.3. The SMILES string of the molecule is Cc1ccccc1-c1ccc(N(c2ccc3c(c2)C2(c4ccccc4-c4ccccc42)c2ccccc2-3)c2ccc3oc4ccccc4c3c2)cc1C. The summed E-state index contributed by atoms with van der Waals surface area (Å²) >= 11 is 0. The lowest BCUT2D eigenvalue weighted by molar-refractivity contribution is 0.669. The van der Waals surface area contributed by atoms with Crippen LogP contribution in [0.1, 0.15) is 33.4 Å². The van der Waals surface area contributed by atoms with E-state index in [0.29, 0.717) is 0 Å². The average molecular weight is 678 g/mol. The van der Waals surface area contributed by atoms with Gasteiger partial charge in [0, 0.05) is 27.8 Å². The van der Waals surface area contributed by atoms with E-state index in [4.69, 9.17) is 4.42 Å². The lowest BCUT2D eigenvalue weighted by Gasteiger charge is -2.32. The Kier molecular flexibility index (Phi) is 6.33. The molecule has 250 valence electrons. The molecule has 0 aliphatic heterocycles. The minimum atomic E-state index is -0.421. The second kappa shape index (κ2) is 11.2. The van der Waals surface area contributed by atoms with Gasteiger partial charge in [-0.05, 0) is 129 Å². The molecular weight excluding hydrogens is 643 g/mol. The summed E-state index contributed by atoms with van der Waals surface area (Å²) in [5.74, 6) is 0. The second-order valence-corrected chi connectivity index (χ2v) is 14.5. The van der Waals surface area contributed by atoms with E-state index in [1.807, 2.05) is 6.07 Å². The molecule has 0 unspecified atom stereocenters. The van der Waals surface area contributed by atoms with Crippen molar-refractivity contribution in [2.75, 3.05) is 4.90 Å². The van der Waals surface area contributed by atoms with E-state index in [9.17, 15) is 0 Å². The molecule has 8 aromatic carbocycles. The van der Waals surface area contributed by atoms with Crippen molar-refractivity contribution in [1.29, 1.82) is 0 Å². The Morgan fingerprint density at radius 1 is 0.358 bits per heavy atom. The summed E-state index contributed by atoms with van der Waals surface area (Å²) in [6, 6.07) is 64.7. The number of aryl methyl sites for hydroxylation is 2. The fourth-order valence-electron chi connectivity index (χ4n) is 9.49. The van der Waals surface area contributed by atoms with E-state index < -0.39 is 5.41 Å². The number of furan rings is 1. The van der Waals surface area contributed by atoms with Crippen LogP contribution in [0, 0.1) is 13.8 Å². The van der Waals surface area contributed by atoms with Gasteiger partial charge < -0.3 is 9.32 Å². The molecule has 2 aliphatic carbocycles. The summed E-state index contributed by atoms with van der Waals surface area (Å²) < 4.78 is 6.30.